The molecule has 0 saturated heterocycles. The van der Waals surface area contributed by atoms with Gasteiger partial charge in [0.1, 0.15) is 23.0 Å². The molecule has 0 spiro atoms. The number of anilines is 1. The van der Waals surface area contributed by atoms with Crippen molar-refractivity contribution in [3.63, 3.8) is 0 Å². The van der Waals surface area contributed by atoms with E-state index in [0.29, 0.717) is 16.9 Å². The van der Waals surface area contributed by atoms with Crippen LogP contribution in [0.4, 0.5) is 5.88 Å². The smallest absolute Gasteiger partial charge is 0.294 e. The molecule has 0 radical (unpaired) electrons. The minimum atomic E-state index is -0.432. The number of nitriles is 1. The van der Waals surface area contributed by atoms with Crippen molar-refractivity contribution in [3.8, 4) is 6.07 Å². The average Bonchev–Trinajstić information content (AvgIpc) is 2.98. The number of nitrogens with zero attached hydrogens (tertiary/aromatic N) is 1. The molecule has 5 nitrogen and oxygen atoms in total. The fourth-order valence-corrected chi connectivity index (χ4v) is 2.40. The van der Waals surface area contributed by atoms with Gasteiger partial charge in [0.05, 0.1) is 0 Å². The molecule has 3 aromatic rings. The summed E-state index contributed by atoms with van der Waals surface area (Å²) in [5, 5.41) is 12.7. The maximum absolute atomic E-state index is 12.4. The van der Waals surface area contributed by atoms with Gasteiger partial charge in [-0.15, -0.1) is 0 Å². The summed E-state index contributed by atoms with van der Waals surface area (Å²) >= 11 is 0. The summed E-state index contributed by atoms with van der Waals surface area (Å²) in [5.74, 6) is 0.547. The van der Waals surface area contributed by atoms with Gasteiger partial charge in [0.25, 0.3) is 5.91 Å². The Balaban J connectivity index is 1.99. The quantitative estimate of drug-likeness (QED) is 0.772. The Hall–Kier alpha value is -3.00. The van der Waals surface area contributed by atoms with Crippen LogP contribution in [0.25, 0.3) is 11.0 Å². The maximum atomic E-state index is 12.4. The lowest BCUT2D eigenvalue weighted by atomic mass is 10.1. The molecule has 0 aliphatic carbocycles. The fraction of sp³-hybridized carbons (Fsp3) is 0.176. The van der Waals surface area contributed by atoms with E-state index in [0.717, 1.165) is 16.5 Å². The summed E-state index contributed by atoms with van der Waals surface area (Å²) in [6.45, 7) is 5.35. The van der Waals surface area contributed by atoms with Crippen LogP contribution in [-0.4, -0.2) is 5.91 Å². The molecular formula is C17H14N2O3. The summed E-state index contributed by atoms with van der Waals surface area (Å²) in [6, 6.07) is 9.48. The minimum Gasteiger partial charge on any atom is -0.451 e. The number of fused-ring (bicyclic) bond motifs is 1. The predicted octanol–water partition coefficient (Wildman–Crippen LogP) is 4.08. The third-order valence-corrected chi connectivity index (χ3v) is 3.77. The molecule has 0 bridgehead atoms. The number of amides is 1. The summed E-state index contributed by atoms with van der Waals surface area (Å²) in [5.41, 5.74) is 2.46. The molecule has 0 unspecified atom stereocenters. The first-order valence-electron chi connectivity index (χ1n) is 6.82. The van der Waals surface area contributed by atoms with Crippen LogP contribution in [-0.2, 0) is 0 Å². The first kappa shape index (κ1) is 14.0. The highest BCUT2D eigenvalue weighted by molar-refractivity contribution is 6.06. The van der Waals surface area contributed by atoms with E-state index in [2.05, 4.69) is 5.32 Å². The van der Waals surface area contributed by atoms with Gasteiger partial charge >= 0.3 is 0 Å². The van der Waals surface area contributed by atoms with E-state index in [1.165, 1.54) is 0 Å². The molecule has 0 aliphatic rings. The molecule has 1 amide bonds. The number of hydrogen-bond donors (Lipinski definition) is 1. The van der Waals surface area contributed by atoms with E-state index in [4.69, 9.17) is 8.83 Å². The van der Waals surface area contributed by atoms with Crippen LogP contribution in [0.5, 0.6) is 0 Å². The molecule has 2 heterocycles. The molecule has 110 valence electrons. The van der Waals surface area contributed by atoms with E-state index >= 15 is 0 Å². The zero-order valence-electron chi connectivity index (χ0n) is 12.5. The van der Waals surface area contributed by atoms with Crippen LogP contribution < -0.4 is 5.32 Å². The number of hydrogen-bond acceptors (Lipinski definition) is 4. The summed E-state index contributed by atoms with van der Waals surface area (Å²) in [4.78, 5) is 12.4. The van der Waals surface area contributed by atoms with E-state index < -0.39 is 5.91 Å². The fourth-order valence-electron chi connectivity index (χ4n) is 2.40. The van der Waals surface area contributed by atoms with Crippen molar-refractivity contribution in [2.75, 3.05) is 5.32 Å². The van der Waals surface area contributed by atoms with Crippen molar-refractivity contribution in [1.29, 1.82) is 5.26 Å². The molecule has 0 aliphatic heterocycles. The number of benzene rings is 1. The Morgan fingerprint density at radius 3 is 2.55 bits per heavy atom. The zero-order chi connectivity index (χ0) is 15.9. The average molecular weight is 294 g/mol. The van der Waals surface area contributed by atoms with Crippen LogP contribution >= 0.6 is 0 Å². The molecule has 22 heavy (non-hydrogen) atoms. The molecule has 2 aromatic heterocycles. The van der Waals surface area contributed by atoms with Crippen LogP contribution in [0.2, 0.25) is 0 Å². The van der Waals surface area contributed by atoms with E-state index in [1.54, 1.807) is 19.9 Å². The van der Waals surface area contributed by atoms with Crippen molar-refractivity contribution in [2.45, 2.75) is 20.8 Å². The van der Waals surface area contributed by atoms with Crippen LogP contribution in [0.3, 0.4) is 0 Å². The molecule has 0 fully saturated rings. The zero-order valence-corrected chi connectivity index (χ0v) is 12.5. The summed E-state index contributed by atoms with van der Waals surface area (Å²) < 4.78 is 11.1. The third kappa shape index (κ3) is 2.06. The summed E-state index contributed by atoms with van der Waals surface area (Å²) in [6.07, 6.45) is 0. The SMILES string of the molecule is Cc1oc(NC(=O)c2oc3ccccc3c2C)c(C#N)c1C. The lowest BCUT2D eigenvalue weighted by Crippen LogP contribution is -2.12. The topological polar surface area (TPSA) is 79.2 Å². The van der Waals surface area contributed by atoms with Gasteiger partial charge in [0, 0.05) is 16.5 Å². The van der Waals surface area contributed by atoms with Crippen molar-refractivity contribution in [3.05, 3.63) is 52.5 Å². The first-order valence-corrected chi connectivity index (χ1v) is 6.82. The number of aryl methyl sites for hydroxylation is 2. The van der Waals surface area contributed by atoms with Crippen molar-refractivity contribution in [2.24, 2.45) is 0 Å². The second kappa shape index (κ2) is 5.08. The molecule has 3 rings (SSSR count). The highest BCUT2D eigenvalue weighted by Gasteiger charge is 2.21. The highest BCUT2D eigenvalue weighted by atomic mass is 16.4. The normalized spacial score (nSPS) is 10.6. The molecule has 0 atom stereocenters. The Labute approximate surface area is 127 Å². The Morgan fingerprint density at radius 1 is 1.14 bits per heavy atom. The number of para-hydroxylation sites is 1. The van der Waals surface area contributed by atoms with Gasteiger partial charge in [0.15, 0.2) is 5.76 Å². The van der Waals surface area contributed by atoms with Gasteiger partial charge in [-0.1, -0.05) is 18.2 Å². The van der Waals surface area contributed by atoms with Crippen LogP contribution in [0.1, 0.15) is 33.0 Å². The highest BCUT2D eigenvalue weighted by Crippen LogP contribution is 2.28. The number of nitrogens with one attached hydrogen (secondary N) is 1. The molecule has 1 N–H and O–H groups in total. The van der Waals surface area contributed by atoms with Gasteiger partial charge in [-0.3, -0.25) is 10.1 Å². The number of furan rings is 2. The van der Waals surface area contributed by atoms with Gasteiger partial charge in [0.2, 0.25) is 5.88 Å². The molecule has 0 saturated carbocycles. The van der Waals surface area contributed by atoms with E-state index in [9.17, 15) is 10.1 Å². The molecule has 5 heteroatoms. The predicted molar refractivity (Wildman–Crippen MR) is 81.8 cm³/mol. The Kier molecular flexibility index (Phi) is 3.22. The Bertz CT molecular complexity index is 925. The number of carbonyl (C=O) groups excluding carboxylic acids is 1. The Morgan fingerprint density at radius 2 is 1.86 bits per heavy atom. The van der Waals surface area contributed by atoms with Crippen molar-refractivity contribution in [1.82, 2.24) is 0 Å². The van der Waals surface area contributed by atoms with E-state index in [1.807, 2.05) is 31.2 Å². The number of rotatable bonds is 2. The van der Waals surface area contributed by atoms with E-state index in [-0.39, 0.29) is 11.6 Å². The van der Waals surface area contributed by atoms with Crippen molar-refractivity contribution < 1.29 is 13.6 Å². The van der Waals surface area contributed by atoms with Gasteiger partial charge < -0.3 is 8.83 Å². The monoisotopic (exact) mass is 294 g/mol. The minimum absolute atomic E-state index is 0.155. The van der Waals surface area contributed by atoms with Crippen molar-refractivity contribution >= 4 is 22.8 Å². The second-order valence-corrected chi connectivity index (χ2v) is 5.11. The lowest BCUT2D eigenvalue weighted by Gasteiger charge is -2.00. The lowest BCUT2D eigenvalue weighted by molar-refractivity contribution is 0.0995. The van der Waals surface area contributed by atoms with Gasteiger partial charge in [-0.2, -0.15) is 5.26 Å². The molecular weight excluding hydrogens is 280 g/mol. The maximum Gasteiger partial charge on any atom is 0.294 e. The first-order chi connectivity index (χ1) is 10.5. The number of carbonyl (C=O) groups is 1. The summed E-state index contributed by atoms with van der Waals surface area (Å²) in [7, 11) is 0. The second-order valence-electron chi connectivity index (χ2n) is 5.11. The van der Waals surface area contributed by atoms with Crippen LogP contribution in [0.15, 0.2) is 33.1 Å². The standard InChI is InChI=1S/C17H14N2O3/c1-9-11(3)21-17(13(9)8-18)19-16(20)15-10(2)12-6-4-5-7-14(12)22-15/h4-7H,1-3H3,(H,19,20). The van der Waals surface area contributed by atoms with Crippen LogP contribution in [0, 0.1) is 32.1 Å². The molecule has 1 aromatic carbocycles. The largest absolute Gasteiger partial charge is 0.451 e. The third-order valence-electron chi connectivity index (χ3n) is 3.77. The van der Waals surface area contributed by atoms with Gasteiger partial charge in [-0.25, -0.2) is 0 Å². The van der Waals surface area contributed by atoms with Gasteiger partial charge in [-0.05, 0) is 26.8 Å².